The molecule has 2 fully saturated rings. The van der Waals surface area contributed by atoms with Crippen molar-refractivity contribution in [2.45, 2.75) is 38.1 Å². The number of hydrogen-bond donors (Lipinski definition) is 1. The van der Waals surface area contributed by atoms with Crippen molar-refractivity contribution in [2.75, 3.05) is 24.2 Å². The first-order valence-electron chi connectivity index (χ1n) is 11.1. The van der Waals surface area contributed by atoms with Crippen molar-refractivity contribution in [1.29, 1.82) is 0 Å². The lowest BCUT2D eigenvalue weighted by atomic mass is 9.75. The molecule has 1 aliphatic carbocycles. The van der Waals surface area contributed by atoms with Gasteiger partial charge in [-0.1, -0.05) is 48.2 Å². The number of aliphatic imine (C=N–C) groups is 1. The molecule has 2 aliphatic rings. The van der Waals surface area contributed by atoms with Crippen LogP contribution in [0.4, 0.5) is 11.4 Å². The lowest BCUT2D eigenvalue weighted by molar-refractivity contribution is -0.154. The van der Waals surface area contributed by atoms with E-state index >= 15 is 0 Å². The minimum Gasteiger partial charge on any atom is -0.481 e. The molecule has 1 heterocycles. The average Bonchev–Trinajstić information content (AvgIpc) is 3.64. The smallest absolute Gasteiger partial charge is 0.310 e. The summed E-state index contributed by atoms with van der Waals surface area (Å²) in [5.41, 5.74) is 0.407. The first-order valence-corrected chi connectivity index (χ1v) is 12.3. The van der Waals surface area contributed by atoms with Gasteiger partial charge in [-0.2, -0.15) is 0 Å². The Morgan fingerprint density at radius 1 is 1.03 bits per heavy atom. The molecule has 0 radical (unpaired) electrons. The van der Waals surface area contributed by atoms with E-state index in [2.05, 4.69) is 4.90 Å². The molecular weight excluding hydrogens is 422 g/mol. The van der Waals surface area contributed by atoms with Crippen LogP contribution in [-0.2, 0) is 9.59 Å². The molecule has 1 aliphatic heterocycles. The van der Waals surface area contributed by atoms with Crippen molar-refractivity contribution in [2.24, 2.45) is 10.4 Å². The zero-order valence-corrected chi connectivity index (χ0v) is 19.1. The number of likely N-dealkylation sites (tertiary alicyclic amines) is 1. The van der Waals surface area contributed by atoms with Gasteiger partial charge < -0.3 is 10.0 Å². The number of carboxylic acids is 1. The molecule has 2 aromatic rings. The maximum absolute atomic E-state index is 13.6. The third-order valence-electron chi connectivity index (χ3n) is 6.24. The Labute approximate surface area is 193 Å². The Morgan fingerprint density at radius 3 is 2.00 bits per heavy atom. The maximum atomic E-state index is 13.6. The average molecular weight is 452 g/mol. The van der Waals surface area contributed by atoms with Crippen LogP contribution in [0, 0.1) is 5.41 Å². The van der Waals surface area contributed by atoms with E-state index in [1.807, 2.05) is 66.9 Å². The van der Waals surface area contributed by atoms with Gasteiger partial charge >= 0.3 is 5.97 Å². The van der Waals surface area contributed by atoms with Gasteiger partial charge in [-0.3, -0.25) is 19.5 Å². The summed E-state index contributed by atoms with van der Waals surface area (Å²) < 4.78 is 0. The predicted octanol–water partition coefficient (Wildman–Crippen LogP) is 4.79. The van der Waals surface area contributed by atoms with Gasteiger partial charge in [-0.15, -0.1) is 0 Å². The summed E-state index contributed by atoms with van der Waals surface area (Å²) in [4.78, 5) is 34.6. The maximum Gasteiger partial charge on any atom is 0.310 e. The van der Waals surface area contributed by atoms with Crippen molar-refractivity contribution in [1.82, 2.24) is 4.90 Å². The fourth-order valence-electron chi connectivity index (χ4n) is 4.18. The number of carboxylic acid groups (broad SMARTS) is 1. The zero-order valence-electron chi connectivity index (χ0n) is 18.3. The number of amides is 1. The summed E-state index contributed by atoms with van der Waals surface area (Å²) >= 11 is 1.62. The molecule has 0 aromatic heterocycles. The molecule has 1 saturated carbocycles. The molecule has 168 valence electrons. The Kier molecular flexibility index (Phi) is 6.84. The third-order valence-corrected chi connectivity index (χ3v) is 6.96. The van der Waals surface area contributed by atoms with E-state index in [1.54, 1.807) is 16.7 Å². The highest BCUT2D eigenvalue weighted by Gasteiger charge is 2.45. The van der Waals surface area contributed by atoms with Gasteiger partial charge in [0.25, 0.3) is 0 Å². The van der Waals surface area contributed by atoms with Crippen LogP contribution in [-0.4, -0.2) is 52.4 Å². The van der Waals surface area contributed by atoms with Crippen molar-refractivity contribution >= 4 is 40.2 Å². The van der Waals surface area contributed by atoms with Gasteiger partial charge in [0.05, 0.1) is 11.5 Å². The van der Waals surface area contributed by atoms with Gasteiger partial charge in [-0.25, -0.2) is 0 Å². The summed E-state index contributed by atoms with van der Waals surface area (Å²) in [7, 11) is 0. The minimum absolute atomic E-state index is 0.0334. The summed E-state index contributed by atoms with van der Waals surface area (Å²) in [5, 5.41) is 11.2. The van der Waals surface area contributed by atoms with E-state index in [0.717, 1.165) is 29.4 Å². The molecule has 4 rings (SSSR count). The Bertz CT molecular complexity index is 929. The lowest BCUT2D eigenvalue weighted by Gasteiger charge is -2.40. The number of piperidine rings is 1. The molecular formula is C25H29N3O3S. The second-order valence-corrected chi connectivity index (χ2v) is 9.27. The first-order chi connectivity index (χ1) is 15.5. The van der Waals surface area contributed by atoms with E-state index in [0.29, 0.717) is 32.0 Å². The topological polar surface area (TPSA) is 73.2 Å². The van der Waals surface area contributed by atoms with Crippen LogP contribution in [0.15, 0.2) is 65.7 Å². The molecule has 1 saturated heterocycles. The van der Waals surface area contributed by atoms with Gasteiger partial charge in [-0.05, 0) is 56.2 Å². The lowest BCUT2D eigenvalue weighted by Crippen LogP contribution is -2.48. The molecule has 2 aromatic carbocycles. The number of benzene rings is 2. The van der Waals surface area contributed by atoms with Crippen molar-refractivity contribution in [3.05, 3.63) is 60.7 Å². The zero-order chi connectivity index (χ0) is 22.6. The van der Waals surface area contributed by atoms with Crippen molar-refractivity contribution < 1.29 is 14.7 Å². The Balaban J connectivity index is 1.54. The molecule has 0 spiro atoms. The fourth-order valence-corrected chi connectivity index (χ4v) is 4.87. The van der Waals surface area contributed by atoms with Gasteiger partial charge in [0.1, 0.15) is 0 Å². The number of thioether (sulfide) groups is 1. The monoisotopic (exact) mass is 451 g/mol. The van der Waals surface area contributed by atoms with E-state index < -0.39 is 11.4 Å². The Morgan fingerprint density at radius 2 is 1.56 bits per heavy atom. The highest BCUT2D eigenvalue weighted by atomic mass is 32.2. The van der Waals surface area contributed by atoms with Crippen molar-refractivity contribution in [3.8, 4) is 0 Å². The van der Waals surface area contributed by atoms with Crippen molar-refractivity contribution in [3.63, 3.8) is 0 Å². The molecule has 1 N–H and O–H groups in total. The number of aliphatic carboxylic acids is 1. The molecule has 0 unspecified atom stereocenters. The van der Waals surface area contributed by atoms with Crippen LogP contribution >= 0.6 is 11.8 Å². The van der Waals surface area contributed by atoms with Crippen LogP contribution < -0.4 is 4.90 Å². The second-order valence-electron chi connectivity index (χ2n) is 8.50. The van der Waals surface area contributed by atoms with Gasteiger partial charge in [0.15, 0.2) is 5.17 Å². The molecule has 6 nitrogen and oxygen atoms in total. The summed E-state index contributed by atoms with van der Waals surface area (Å²) in [6, 6.07) is 19.3. The molecule has 0 atom stereocenters. The minimum atomic E-state index is -1.07. The fraction of sp³-hybridized carbons (Fsp3) is 0.400. The standard InChI is InChI=1S/C25H29N3O3S/c1-32-24(26-19-12-13-19)27-16-14-25(15-17-27,23(30)31)18-22(29)28(20-8-4-2-5-9-20)21-10-6-3-7-11-21/h2-11,19H,12-18H2,1H3,(H,30,31). The first kappa shape index (κ1) is 22.4. The summed E-state index contributed by atoms with van der Waals surface area (Å²) in [6.45, 7) is 1.20. The number of carbonyl (C=O) groups excluding carboxylic acids is 1. The van der Waals surface area contributed by atoms with E-state index in [-0.39, 0.29) is 12.3 Å². The van der Waals surface area contributed by atoms with Gasteiger partial charge in [0.2, 0.25) is 5.91 Å². The summed E-state index contributed by atoms with van der Waals surface area (Å²) in [6.07, 6.45) is 5.11. The number of anilines is 2. The number of rotatable bonds is 6. The number of amidine groups is 1. The molecule has 32 heavy (non-hydrogen) atoms. The molecule has 7 heteroatoms. The number of nitrogens with zero attached hydrogens (tertiary/aromatic N) is 3. The van der Waals surface area contributed by atoms with E-state index in [4.69, 9.17) is 4.99 Å². The third kappa shape index (κ3) is 4.99. The highest BCUT2D eigenvalue weighted by Crippen LogP contribution is 2.39. The normalized spacial score (nSPS) is 18.3. The quantitative estimate of drug-likeness (QED) is 0.505. The SMILES string of the molecule is CSC(=NC1CC1)N1CCC(CC(=O)N(c2ccccc2)c2ccccc2)(C(=O)O)CC1. The predicted molar refractivity (Wildman–Crippen MR) is 129 cm³/mol. The largest absolute Gasteiger partial charge is 0.481 e. The van der Waals surface area contributed by atoms with E-state index in [1.165, 1.54) is 0 Å². The molecule has 0 bridgehead atoms. The number of hydrogen-bond acceptors (Lipinski definition) is 4. The van der Waals surface area contributed by atoms with Gasteiger partial charge in [0, 0.05) is 30.9 Å². The number of carbonyl (C=O) groups is 2. The van der Waals surface area contributed by atoms with Crippen LogP contribution in [0.1, 0.15) is 32.1 Å². The summed E-state index contributed by atoms with van der Waals surface area (Å²) in [5.74, 6) is -1.09. The second kappa shape index (κ2) is 9.77. The van der Waals surface area contributed by atoms with E-state index in [9.17, 15) is 14.7 Å². The van der Waals surface area contributed by atoms with Crippen LogP contribution in [0.2, 0.25) is 0 Å². The van der Waals surface area contributed by atoms with Crippen LogP contribution in [0.5, 0.6) is 0 Å². The highest BCUT2D eigenvalue weighted by molar-refractivity contribution is 8.13. The van der Waals surface area contributed by atoms with Crippen LogP contribution in [0.3, 0.4) is 0 Å². The number of para-hydroxylation sites is 2. The molecule has 1 amide bonds. The van der Waals surface area contributed by atoms with Crippen LogP contribution in [0.25, 0.3) is 0 Å². The Hall–Kier alpha value is -2.80.